The lowest BCUT2D eigenvalue weighted by molar-refractivity contribution is -0.395. The van der Waals surface area contributed by atoms with E-state index in [1.54, 1.807) is 0 Å². The van der Waals surface area contributed by atoms with Crippen molar-refractivity contribution in [2.24, 2.45) is 0 Å². The fourth-order valence-electron chi connectivity index (χ4n) is 1.19. The van der Waals surface area contributed by atoms with Gasteiger partial charge in [0.25, 0.3) is 21.5 Å². The minimum absolute atomic E-state index is 0. The summed E-state index contributed by atoms with van der Waals surface area (Å²) in [6, 6.07) is 1.13. The van der Waals surface area contributed by atoms with Gasteiger partial charge in [-0.1, -0.05) is 0 Å². The van der Waals surface area contributed by atoms with Crippen molar-refractivity contribution < 1.29 is 22.8 Å². The summed E-state index contributed by atoms with van der Waals surface area (Å²) in [7, 11) is -4.74. The van der Waals surface area contributed by atoms with Crippen LogP contribution in [-0.4, -0.2) is 22.8 Å². The Morgan fingerprint density at radius 2 is 1.44 bits per heavy atom. The van der Waals surface area contributed by atoms with Crippen molar-refractivity contribution in [3.8, 4) is 0 Å². The summed E-state index contributed by atoms with van der Waals surface area (Å²) in [5.74, 6) is 0. The Morgan fingerprint density at radius 3 is 1.67 bits per heavy atom. The summed E-state index contributed by atoms with van der Waals surface area (Å²) >= 11 is 0. The predicted molar refractivity (Wildman–Crippen MR) is 61.6 cm³/mol. The highest BCUT2D eigenvalue weighted by Crippen LogP contribution is 2.30. The number of hydrogen-bond acceptors (Lipinski definition) is 6. The van der Waals surface area contributed by atoms with E-state index in [4.69, 9.17) is 4.55 Å². The van der Waals surface area contributed by atoms with Gasteiger partial charge in [0.2, 0.25) is 0 Å². The van der Waals surface area contributed by atoms with Gasteiger partial charge in [-0.05, 0) is 6.92 Å². The molecule has 0 heterocycles. The molecule has 0 saturated carbocycles. The summed E-state index contributed by atoms with van der Waals surface area (Å²) in [4.78, 5) is 18.4. The molecule has 1 N–H and O–H groups in total. The van der Waals surface area contributed by atoms with Gasteiger partial charge in [-0.3, -0.25) is 24.8 Å². The number of rotatable bonds is 3. The first-order valence-electron chi connectivity index (χ1n) is 4.05. The third-order valence-corrected chi connectivity index (χ3v) is 2.85. The van der Waals surface area contributed by atoms with E-state index < -0.39 is 36.2 Å². The molecule has 18 heavy (non-hydrogen) atoms. The molecule has 0 atom stereocenters. The molecule has 11 heteroatoms. The van der Waals surface area contributed by atoms with Crippen LogP contribution in [0, 0.1) is 27.2 Å². The average molecular weight is 299 g/mol. The summed E-state index contributed by atoms with van der Waals surface area (Å²) < 4.78 is 30.3. The van der Waals surface area contributed by atoms with Crippen molar-refractivity contribution in [1.82, 2.24) is 0 Å². The van der Waals surface area contributed by atoms with E-state index in [2.05, 4.69) is 0 Å². The zero-order valence-electron chi connectivity index (χ0n) is 8.76. The third kappa shape index (κ3) is 3.12. The number of nitro groups is 2. The molecule has 0 unspecified atom stereocenters. The Kier molecular flexibility index (Phi) is 4.73. The smallest absolute Gasteiger partial charge is 0.282 e. The molecule has 0 bridgehead atoms. The number of nitrogens with zero attached hydrogens (tertiary/aromatic N) is 2. The summed E-state index contributed by atoms with van der Waals surface area (Å²) in [6.45, 7) is 1.12. The predicted octanol–water partition coefficient (Wildman–Crippen LogP) is 1.48. The molecule has 1 rings (SSSR count). The van der Waals surface area contributed by atoms with Crippen LogP contribution in [-0.2, 0) is 10.1 Å². The molecule has 100 valence electrons. The van der Waals surface area contributed by atoms with Gasteiger partial charge in [-0.15, -0.1) is 12.4 Å². The lowest BCUT2D eigenvalue weighted by atomic mass is 10.1. The Labute approximate surface area is 107 Å². The van der Waals surface area contributed by atoms with Crippen molar-refractivity contribution in [2.45, 2.75) is 11.8 Å². The Hall–Kier alpha value is -1.78. The van der Waals surface area contributed by atoms with Crippen LogP contribution in [0.5, 0.6) is 0 Å². The molecule has 0 aromatic heterocycles. The fourth-order valence-corrected chi connectivity index (χ4v) is 1.71. The van der Waals surface area contributed by atoms with E-state index in [1.807, 2.05) is 0 Å². The van der Waals surface area contributed by atoms with Gasteiger partial charge in [0.1, 0.15) is 10.5 Å². The van der Waals surface area contributed by atoms with Crippen molar-refractivity contribution in [3.05, 3.63) is 37.9 Å². The molecule has 0 saturated heterocycles. The normalized spacial score (nSPS) is 10.6. The van der Waals surface area contributed by atoms with Gasteiger partial charge in [0.05, 0.1) is 9.85 Å². The highest BCUT2D eigenvalue weighted by atomic mass is 35.5. The molecule has 0 aliphatic carbocycles. The Bertz CT molecular complexity index is 577. The first kappa shape index (κ1) is 16.2. The van der Waals surface area contributed by atoms with Crippen molar-refractivity contribution in [3.63, 3.8) is 0 Å². The van der Waals surface area contributed by atoms with E-state index in [0.717, 1.165) is 6.92 Å². The minimum Gasteiger partial charge on any atom is -0.282 e. The second-order valence-corrected chi connectivity index (χ2v) is 4.50. The number of nitro benzene ring substituents is 2. The van der Waals surface area contributed by atoms with Gasteiger partial charge >= 0.3 is 0 Å². The highest BCUT2D eigenvalue weighted by molar-refractivity contribution is 7.85. The number of benzene rings is 1. The summed E-state index contributed by atoms with van der Waals surface area (Å²) in [5.41, 5.74) is -1.77. The lowest BCUT2D eigenvalue weighted by Crippen LogP contribution is -2.04. The molecule has 1 aromatic rings. The molecule has 0 radical (unpaired) electrons. The Balaban J connectivity index is 0.00000289. The zero-order valence-corrected chi connectivity index (χ0v) is 10.4. The molecule has 0 amide bonds. The first-order chi connectivity index (χ1) is 7.64. The van der Waals surface area contributed by atoms with E-state index >= 15 is 0 Å². The van der Waals surface area contributed by atoms with Crippen molar-refractivity contribution in [1.29, 1.82) is 0 Å². The monoisotopic (exact) mass is 298 g/mol. The number of halogens is 1. The van der Waals surface area contributed by atoms with Crippen molar-refractivity contribution in [2.75, 3.05) is 0 Å². The maximum absolute atomic E-state index is 10.8. The third-order valence-electron chi connectivity index (χ3n) is 2.02. The van der Waals surface area contributed by atoms with E-state index in [0.29, 0.717) is 12.1 Å². The van der Waals surface area contributed by atoms with Crippen molar-refractivity contribution >= 4 is 33.9 Å². The fraction of sp³-hybridized carbons (Fsp3) is 0.143. The van der Waals surface area contributed by atoms with Gasteiger partial charge in [0, 0.05) is 12.1 Å². The molecule has 0 aliphatic heterocycles. The zero-order chi connectivity index (χ0) is 13.4. The SMILES string of the molecule is Cc1c([N+](=O)[O-])cc(S(=O)(=O)O)cc1[N+](=O)[O-].Cl. The number of hydrogen-bond donors (Lipinski definition) is 1. The van der Waals surface area contributed by atoms with Crippen LogP contribution in [0.25, 0.3) is 0 Å². The molecule has 0 aliphatic rings. The van der Waals surface area contributed by atoms with Gasteiger partial charge in [0.15, 0.2) is 0 Å². The van der Waals surface area contributed by atoms with Crippen LogP contribution >= 0.6 is 12.4 Å². The molecule has 9 nitrogen and oxygen atoms in total. The largest absolute Gasteiger partial charge is 0.295 e. The van der Waals surface area contributed by atoms with E-state index in [1.165, 1.54) is 0 Å². The molecule has 0 fully saturated rings. The van der Waals surface area contributed by atoms with Crippen LogP contribution < -0.4 is 0 Å². The van der Waals surface area contributed by atoms with Crippen LogP contribution in [0.1, 0.15) is 5.56 Å². The second-order valence-electron chi connectivity index (χ2n) is 3.08. The Morgan fingerprint density at radius 1 is 1.11 bits per heavy atom. The standard InChI is InChI=1S/C7H6N2O7S.ClH/c1-4-6(8(10)11)2-5(17(14,15)16)3-7(4)9(12)13;/h2-3H,1H3,(H,14,15,16);1H. The van der Waals surface area contributed by atoms with Gasteiger partial charge in [-0.2, -0.15) is 8.42 Å². The minimum atomic E-state index is -4.74. The van der Waals surface area contributed by atoms with Crippen LogP contribution in [0.2, 0.25) is 0 Å². The average Bonchev–Trinajstić information content (AvgIpc) is 2.14. The maximum atomic E-state index is 10.8. The summed E-state index contributed by atoms with van der Waals surface area (Å²) in [6.07, 6.45) is 0. The van der Waals surface area contributed by atoms with E-state index in [9.17, 15) is 28.6 Å². The van der Waals surface area contributed by atoms with Gasteiger partial charge in [-0.25, -0.2) is 0 Å². The molecular formula is C7H7ClN2O7S. The lowest BCUT2D eigenvalue weighted by Gasteiger charge is -2.02. The highest BCUT2D eigenvalue weighted by Gasteiger charge is 2.26. The second kappa shape index (κ2) is 5.25. The molecular weight excluding hydrogens is 292 g/mol. The quantitative estimate of drug-likeness (QED) is 0.506. The maximum Gasteiger partial charge on any atom is 0.295 e. The van der Waals surface area contributed by atoms with Crippen LogP contribution in [0.4, 0.5) is 11.4 Å². The van der Waals surface area contributed by atoms with Gasteiger partial charge < -0.3 is 0 Å². The summed E-state index contributed by atoms with van der Waals surface area (Å²) in [5, 5.41) is 21.2. The molecule has 1 aromatic carbocycles. The van der Waals surface area contributed by atoms with Crippen LogP contribution in [0.15, 0.2) is 17.0 Å². The molecule has 0 spiro atoms. The topological polar surface area (TPSA) is 141 Å². The van der Waals surface area contributed by atoms with E-state index in [-0.39, 0.29) is 18.0 Å². The first-order valence-corrected chi connectivity index (χ1v) is 5.49. The van der Waals surface area contributed by atoms with Crippen LogP contribution in [0.3, 0.4) is 0 Å².